The minimum atomic E-state index is -0.786. The van der Waals surface area contributed by atoms with Crippen LogP contribution in [-0.4, -0.2) is 29.6 Å². The first-order valence-electron chi connectivity index (χ1n) is 6.11. The molecule has 0 radical (unpaired) electrons. The van der Waals surface area contributed by atoms with Crippen LogP contribution in [0.4, 0.5) is 0 Å². The Hall–Kier alpha value is -1.84. The third-order valence-electron chi connectivity index (χ3n) is 2.89. The van der Waals surface area contributed by atoms with Crippen LogP contribution < -0.4 is 0 Å². The van der Waals surface area contributed by atoms with Gasteiger partial charge >= 0.3 is 5.97 Å². The number of aliphatic carboxylic acids is 1. The predicted octanol–water partition coefficient (Wildman–Crippen LogP) is 2.20. The molecule has 0 aromatic heterocycles. The summed E-state index contributed by atoms with van der Waals surface area (Å²) in [6, 6.07) is 8.22. The van der Waals surface area contributed by atoms with Gasteiger partial charge in [0.1, 0.15) is 6.10 Å². The highest BCUT2D eigenvalue weighted by Crippen LogP contribution is 2.14. The zero-order valence-electron chi connectivity index (χ0n) is 10.4. The Morgan fingerprint density at radius 1 is 1.56 bits per heavy atom. The van der Waals surface area contributed by atoms with Crippen LogP contribution in [0.15, 0.2) is 29.3 Å². The summed E-state index contributed by atoms with van der Waals surface area (Å²) in [5.74, 6) is -0.0678. The lowest BCUT2D eigenvalue weighted by Gasteiger charge is -2.10. The first-order valence-corrected chi connectivity index (χ1v) is 6.11. The molecule has 1 N–H and O–H groups in total. The number of ether oxygens (including phenoxy) is 1. The van der Waals surface area contributed by atoms with E-state index in [1.165, 1.54) is 11.1 Å². The smallest absolute Gasteiger partial charge is 0.303 e. The Morgan fingerprint density at radius 3 is 3.11 bits per heavy atom. The molecule has 0 spiro atoms. The monoisotopic (exact) mass is 247 g/mol. The van der Waals surface area contributed by atoms with Crippen molar-refractivity contribution in [3.63, 3.8) is 0 Å². The standard InChI is InChI=1S/C14H17NO3/c1-10-3-2-4-11(7-10)8-13-15-9-12(18-13)5-6-14(16)17/h2-4,7,12H,5-6,8-9H2,1H3,(H,16,17). The van der Waals surface area contributed by atoms with Crippen molar-refractivity contribution in [1.82, 2.24) is 0 Å². The second-order valence-electron chi connectivity index (χ2n) is 4.57. The fourth-order valence-electron chi connectivity index (χ4n) is 2.00. The first kappa shape index (κ1) is 12.6. The third kappa shape index (κ3) is 3.58. The number of benzene rings is 1. The third-order valence-corrected chi connectivity index (χ3v) is 2.89. The van der Waals surface area contributed by atoms with E-state index >= 15 is 0 Å². The van der Waals surface area contributed by atoms with Gasteiger partial charge in [-0.2, -0.15) is 0 Å². The van der Waals surface area contributed by atoms with Gasteiger partial charge in [0.15, 0.2) is 5.90 Å². The Bertz CT molecular complexity index is 468. The molecule has 0 amide bonds. The molecular weight excluding hydrogens is 230 g/mol. The largest absolute Gasteiger partial charge is 0.481 e. The maximum Gasteiger partial charge on any atom is 0.303 e. The van der Waals surface area contributed by atoms with Crippen molar-refractivity contribution in [2.24, 2.45) is 4.99 Å². The summed E-state index contributed by atoms with van der Waals surface area (Å²) in [4.78, 5) is 14.8. The van der Waals surface area contributed by atoms with Gasteiger partial charge in [-0.1, -0.05) is 29.8 Å². The number of hydrogen-bond donors (Lipinski definition) is 1. The lowest BCUT2D eigenvalue weighted by Crippen LogP contribution is -2.15. The molecule has 0 bridgehead atoms. The Morgan fingerprint density at radius 2 is 2.39 bits per heavy atom. The van der Waals surface area contributed by atoms with Crippen LogP contribution in [0.2, 0.25) is 0 Å². The summed E-state index contributed by atoms with van der Waals surface area (Å²) >= 11 is 0. The van der Waals surface area contributed by atoms with Crippen molar-refractivity contribution < 1.29 is 14.6 Å². The number of hydrogen-bond acceptors (Lipinski definition) is 3. The van der Waals surface area contributed by atoms with E-state index in [2.05, 4.69) is 24.0 Å². The summed E-state index contributed by atoms with van der Waals surface area (Å²) in [6.45, 7) is 2.63. The molecule has 1 aliphatic rings. The van der Waals surface area contributed by atoms with Crippen LogP contribution in [0.3, 0.4) is 0 Å². The molecule has 0 saturated heterocycles. The fraction of sp³-hybridized carbons (Fsp3) is 0.429. The number of rotatable bonds is 5. The number of aryl methyl sites for hydroxylation is 1. The second-order valence-corrected chi connectivity index (χ2v) is 4.57. The van der Waals surface area contributed by atoms with Crippen molar-refractivity contribution in [2.75, 3.05) is 6.54 Å². The molecule has 18 heavy (non-hydrogen) atoms. The highest BCUT2D eigenvalue weighted by Gasteiger charge is 2.20. The van der Waals surface area contributed by atoms with E-state index in [4.69, 9.17) is 9.84 Å². The average molecular weight is 247 g/mol. The van der Waals surface area contributed by atoms with E-state index < -0.39 is 5.97 Å². The van der Waals surface area contributed by atoms with Crippen LogP contribution in [0, 0.1) is 6.92 Å². The maximum atomic E-state index is 10.5. The molecule has 0 aliphatic carbocycles. The number of carbonyl (C=O) groups is 1. The number of aliphatic imine (C=N–C) groups is 1. The van der Waals surface area contributed by atoms with E-state index in [0.717, 1.165) is 5.90 Å². The quantitative estimate of drug-likeness (QED) is 0.867. The summed E-state index contributed by atoms with van der Waals surface area (Å²) in [5, 5.41) is 8.61. The molecule has 1 unspecified atom stereocenters. The minimum Gasteiger partial charge on any atom is -0.481 e. The molecule has 1 atom stereocenters. The Balaban J connectivity index is 1.84. The van der Waals surface area contributed by atoms with Crippen molar-refractivity contribution in [3.05, 3.63) is 35.4 Å². The Kier molecular flexibility index (Phi) is 3.97. The molecule has 1 aromatic rings. The van der Waals surface area contributed by atoms with Gasteiger partial charge in [0.25, 0.3) is 0 Å². The van der Waals surface area contributed by atoms with Gasteiger partial charge in [0, 0.05) is 12.8 Å². The number of carboxylic acids is 1. The van der Waals surface area contributed by atoms with E-state index in [9.17, 15) is 4.79 Å². The van der Waals surface area contributed by atoms with Crippen LogP contribution in [-0.2, 0) is 16.0 Å². The van der Waals surface area contributed by atoms with Crippen molar-refractivity contribution >= 4 is 11.9 Å². The van der Waals surface area contributed by atoms with E-state index in [-0.39, 0.29) is 12.5 Å². The van der Waals surface area contributed by atoms with Gasteiger partial charge < -0.3 is 9.84 Å². The van der Waals surface area contributed by atoms with Crippen LogP contribution in [0.5, 0.6) is 0 Å². The second kappa shape index (κ2) is 5.67. The summed E-state index contributed by atoms with van der Waals surface area (Å²) < 4.78 is 5.64. The molecule has 4 heteroatoms. The van der Waals surface area contributed by atoms with Gasteiger partial charge in [-0.15, -0.1) is 0 Å². The molecular formula is C14H17NO3. The van der Waals surface area contributed by atoms with Gasteiger partial charge in [0.05, 0.1) is 6.54 Å². The normalized spacial score (nSPS) is 18.3. The minimum absolute atomic E-state index is 0.0686. The van der Waals surface area contributed by atoms with Crippen LogP contribution in [0.25, 0.3) is 0 Å². The molecule has 4 nitrogen and oxygen atoms in total. The average Bonchev–Trinajstić information content (AvgIpc) is 2.74. The number of nitrogens with zero attached hydrogens (tertiary/aromatic N) is 1. The van der Waals surface area contributed by atoms with Gasteiger partial charge in [-0.3, -0.25) is 9.79 Å². The van der Waals surface area contributed by atoms with Crippen molar-refractivity contribution in [3.8, 4) is 0 Å². The van der Waals surface area contributed by atoms with Crippen molar-refractivity contribution in [2.45, 2.75) is 32.3 Å². The van der Waals surface area contributed by atoms with Gasteiger partial charge in [0.2, 0.25) is 0 Å². The zero-order chi connectivity index (χ0) is 13.0. The number of carboxylic acid groups (broad SMARTS) is 1. The molecule has 1 heterocycles. The molecule has 1 aliphatic heterocycles. The van der Waals surface area contributed by atoms with Gasteiger partial charge in [-0.05, 0) is 18.9 Å². The fourth-order valence-corrected chi connectivity index (χ4v) is 2.00. The van der Waals surface area contributed by atoms with Gasteiger partial charge in [-0.25, -0.2) is 0 Å². The van der Waals surface area contributed by atoms with E-state index in [1.807, 2.05) is 12.1 Å². The highest BCUT2D eigenvalue weighted by atomic mass is 16.5. The highest BCUT2D eigenvalue weighted by molar-refractivity contribution is 5.80. The molecule has 0 fully saturated rings. The van der Waals surface area contributed by atoms with E-state index in [0.29, 0.717) is 19.4 Å². The molecule has 0 saturated carbocycles. The Labute approximate surface area is 106 Å². The summed E-state index contributed by atoms with van der Waals surface area (Å²) in [7, 11) is 0. The van der Waals surface area contributed by atoms with E-state index in [1.54, 1.807) is 0 Å². The predicted molar refractivity (Wildman–Crippen MR) is 68.9 cm³/mol. The maximum absolute atomic E-state index is 10.5. The summed E-state index contributed by atoms with van der Waals surface area (Å²) in [5.41, 5.74) is 2.39. The summed E-state index contributed by atoms with van der Waals surface area (Å²) in [6.07, 6.45) is 1.28. The molecule has 1 aromatic carbocycles. The van der Waals surface area contributed by atoms with Crippen molar-refractivity contribution in [1.29, 1.82) is 0 Å². The topological polar surface area (TPSA) is 58.9 Å². The zero-order valence-corrected chi connectivity index (χ0v) is 10.4. The molecule has 2 rings (SSSR count). The lowest BCUT2D eigenvalue weighted by molar-refractivity contribution is -0.137. The first-order chi connectivity index (χ1) is 8.63. The lowest BCUT2D eigenvalue weighted by atomic mass is 10.1. The van der Waals surface area contributed by atoms with Crippen LogP contribution in [0.1, 0.15) is 24.0 Å². The molecule has 96 valence electrons. The van der Waals surface area contributed by atoms with Crippen LogP contribution >= 0.6 is 0 Å². The SMILES string of the molecule is Cc1cccc(CC2=NCC(CCC(=O)O)O2)c1.